The summed E-state index contributed by atoms with van der Waals surface area (Å²) in [4.78, 5) is 4.50. The first kappa shape index (κ1) is 11.6. The number of hydrogen-bond donors (Lipinski definition) is 1. The third-order valence-corrected chi connectivity index (χ3v) is 3.64. The Kier molecular flexibility index (Phi) is 3.59. The molecular weight excluding hydrogens is 196 g/mol. The second-order valence-corrected chi connectivity index (χ2v) is 5.32. The minimum absolute atomic E-state index is 0.717. The van der Waals surface area contributed by atoms with Gasteiger partial charge in [0.05, 0.1) is 5.69 Å². The van der Waals surface area contributed by atoms with Crippen molar-refractivity contribution in [2.24, 2.45) is 11.8 Å². The molecule has 0 atom stereocenters. The SMILES string of the molecule is Cc1cccc(CNC2CC(C(C)C)C2)n1. The van der Waals surface area contributed by atoms with Gasteiger partial charge in [-0.1, -0.05) is 19.9 Å². The molecule has 0 aliphatic heterocycles. The molecule has 0 spiro atoms. The third kappa shape index (κ3) is 2.82. The van der Waals surface area contributed by atoms with Crippen LogP contribution in [-0.4, -0.2) is 11.0 Å². The summed E-state index contributed by atoms with van der Waals surface area (Å²) in [6.45, 7) is 7.60. The van der Waals surface area contributed by atoms with Gasteiger partial charge in [-0.15, -0.1) is 0 Å². The lowest BCUT2D eigenvalue weighted by Gasteiger charge is -2.38. The average Bonchev–Trinajstić information content (AvgIpc) is 2.14. The maximum absolute atomic E-state index is 4.50. The van der Waals surface area contributed by atoms with Crippen molar-refractivity contribution >= 4 is 0 Å². The quantitative estimate of drug-likeness (QED) is 0.840. The zero-order chi connectivity index (χ0) is 11.5. The fraction of sp³-hybridized carbons (Fsp3) is 0.643. The van der Waals surface area contributed by atoms with Crippen LogP contribution in [0, 0.1) is 18.8 Å². The molecule has 16 heavy (non-hydrogen) atoms. The number of aromatic nitrogens is 1. The van der Waals surface area contributed by atoms with Crippen molar-refractivity contribution in [2.75, 3.05) is 0 Å². The first-order valence-electron chi connectivity index (χ1n) is 6.31. The van der Waals surface area contributed by atoms with Gasteiger partial charge in [0.25, 0.3) is 0 Å². The molecule has 1 aromatic heterocycles. The van der Waals surface area contributed by atoms with Crippen LogP contribution in [0.15, 0.2) is 18.2 Å². The molecule has 0 unspecified atom stereocenters. The largest absolute Gasteiger partial charge is 0.308 e. The molecule has 1 aliphatic rings. The summed E-state index contributed by atoms with van der Waals surface area (Å²) < 4.78 is 0. The van der Waals surface area contributed by atoms with Crippen LogP contribution in [0.1, 0.15) is 38.1 Å². The Labute approximate surface area is 98.5 Å². The maximum Gasteiger partial charge on any atom is 0.0544 e. The Morgan fingerprint density at radius 3 is 2.75 bits per heavy atom. The molecule has 88 valence electrons. The van der Waals surface area contributed by atoms with E-state index in [0.29, 0.717) is 0 Å². The number of nitrogens with one attached hydrogen (secondary N) is 1. The summed E-state index contributed by atoms with van der Waals surface area (Å²) in [6.07, 6.45) is 2.67. The molecule has 1 aliphatic carbocycles. The average molecular weight is 218 g/mol. The number of hydrogen-bond acceptors (Lipinski definition) is 2. The molecule has 1 heterocycles. The molecule has 1 aromatic rings. The van der Waals surface area contributed by atoms with Gasteiger partial charge in [-0.05, 0) is 43.7 Å². The maximum atomic E-state index is 4.50. The van der Waals surface area contributed by atoms with E-state index in [1.54, 1.807) is 0 Å². The van der Waals surface area contributed by atoms with Crippen LogP contribution in [0.4, 0.5) is 0 Å². The van der Waals surface area contributed by atoms with Crippen LogP contribution >= 0.6 is 0 Å². The van der Waals surface area contributed by atoms with E-state index in [1.807, 2.05) is 13.0 Å². The molecule has 2 nitrogen and oxygen atoms in total. The Morgan fingerprint density at radius 1 is 1.38 bits per heavy atom. The van der Waals surface area contributed by atoms with Crippen molar-refractivity contribution in [2.45, 2.75) is 46.2 Å². The normalized spacial score (nSPS) is 24.5. The van der Waals surface area contributed by atoms with Gasteiger partial charge in [-0.2, -0.15) is 0 Å². The second-order valence-electron chi connectivity index (χ2n) is 5.32. The van der Waals surface area contributed by atoms with E-state index in [9.17, 15) is 0 Å². The van der Waals surface area contributed by atoms with E-state index < -0.39 is 0 Å². The number of aryl methyl sites for hydroxylation is 1. The van der Waals surface area contributed by atoms with Gasteiger partial charge in [0.15, 0.2) is 0 Å². The van der Waals surface area contributed by atoms with Crippen molar-refractivity contribution in [1.82, 2.24) is 10.3 Å². The Bertz CT molecular complexity index is 340. The lowest BCUT2D eigenvalue weighted by atomic mass is 9.74. The van der Waals surface area contributed by atoms with E-state index in [-0.39, 0.29) is 0 Å². The van der Waals surface area contributed by atoms with Gasteiger partial charge in [-0.3, -0.25) is 4.98 Å². The minimum atomic E-state index is 0.717. The monoisotopic (exact) mass is 218 g/mol. The zero-order valence-corrected chi connectivity index (χ0v) is 10.5. The van der Waals surface area contributed by atoms with Crippen LogP contribution in [0.2, 0.25) is 0 Å². The first-order chi connectivity index (χ1) is 7.65. The molecule has 1 saturated carbocycles. The molecule has 0 aromatic carbocycles. The standard InChI is InChI=1S/C14H22N2/c1-10(2)12-7-14(8-12)15-9-13-6-4-5-11(3)16-13/h4-6,10,12,14-15H,7-9H2,1-3H3. The predicted octanol–water partition coefficient (Wildman–Crippen LogP) is 2.91. The second kappa shape index (κ2) is 4.96. The molecule has 2 rings (SSSR count). The summed E-state index contributed by atoms with van der Waals surface area (Å²) in [7, 11) is 0. The Hall–Kier alpha value is -0.890. The number of rotatable bonds is 4. The molecular formula is C14H22N2. The highest BCUT2D eigenvalue weighted by Gasteiger charge is 2.30. The van der Waals surface area contributed by atoms with Crippen LogP contribution < -0.4 is 5.32 Å². The van der Waals surface area contributed by atoms with E-state index in [2.05, 4.69) is 36.3 Å². The Balaban J connectivity index is 1.73. The summed E-state index contributed by atoms with van der Waals surface area (Å²) in [6, 6.07) is 6.94. The van der Waals surface area contributed by atoms with Crippen molar-refractivity contribution in [3.63, 3.8) is 0 Å². The minimum Gasteiger partial charge on any atom is -0.308 e. The van der Waals surface area contributed by atoms with Gasteiger partial charge >= 0.3 is 0 Å². The van der Waals surface area contributed by atoms with E-state index in [0.717, 1.165) is 35.8 Å². The van der Waals surface area contributed by atoms with Crippen molar-refractivity contribution in [3.8, 4) is 0 Å². The predicted molar refractivity (Wildman–Crippen MR) is 67.2 cm³/mol. The van der Waals surface area contributed by atoms with Gasteiger partial charge in [0, 0.05) is 18.3 Å². The van der Waals surface area contributed by atoms with Gasteiger partial charge < -0.3 is 5.32 Å². The molecule has 0 saturated heterocycles. The first-order valence-corrected chi connectivity index (χ1v) is 6.31. The van der Waals surface area contributed by atoms with Crippen LogP contribution in [0.25, 0.3) is 0 Å². The third-order valence-electron chi connectivity index (χ3n) is 3.64. The zero-order valence-electron chi connectivity index (χ0n) is 10.5. The highest BCUT2D eigenvalue weighted by atomic mass is 14.9. The molecule has 0 amide bonds. The van der Waals surface area contributed by atoms with Gasteiger partial charge in [0.1, 0.15) is 0 Å². The number of pyridine rings is 1. The highest BCUT2D eigenvalue weighted by Crippen LogP contribution is 2.33. The lowest BCUT2D eigenvalue weighted by molar-refractivity contribution is 0.167. The summed E-state index contributed by atoms with van der Waals surface area (Å²) in [5.41, 5.74) is 2.26. The van der Waals surface area contributed by atoms with Crippen LogP contribution in [0.3, 0.4) is 0 Å². The van der Waals surface area contributed by atoms with Gasteiger partial charge in [0.2, 0.25) is 0 Å². The summed E-state index contributed by atoms with van der Waals surface area (Å²) >= 11 is 0. The van der Waals surface area contributed by atoms with Crippen LogP contribution in [-0.2, 0) is 6.54 Å². The Morgan fingerprint density at radius 2 is 2.12 bits per heavy atom. The van der Waals surface area contributed by atoms with Crippen molar-refractivity contribution < 1.29 is 0 Å². The van der Waals surface area contributed by atoms with Crippen molar-refractivity contribution in [3.05, 3.63) is 29.6 Å². The van der Waals surface area contributed by atoms with E-state index in [4.69, 9.17) is 0 Å². The fourth-order valence-electron chi connectivity index (χ4n) is 2.32. The summed E-state index contributed by atoms with van der Waals surface area (Å²) in [5, 5.41) is 3.58. The van der Waals surface area contributed by atoms with E-state index >= 15 is 0 Å². The fourth-order valence-corrected chi connectivity index (χ4v) is 2.32. The molecule has 0 radical (unpaired) electrons. The molecule has 1 fully saturated rings. The molecule has 2 heteroatoms. The molecule has 0 bridgehead atoms. The van der Waals surface area contributed by atoms with Gasteiger partial charge in [-0.25, -0.2) is 0 Å². The molecule has 1 N–H and O–H groups in total. The number of nitrogens with zero attached hydrogens (tertiary/aromatic N) is 1. The lowest BCUT2D eigenvalue weighted by Crippen LogP contribution is -2.42. The van der Waals surface area contributed by atoms with E-state index in [1.165, 1.54) is 12.8 Å². The highest BCUT2D eigenvalue weighted by molar-refractivity contribution is 5.09. The smallest absolute Gasteiger partial charge is 0.0544 e. The van der Waals surface area contributed by atoms with Crippen molar-refractivity contribution in [1.29, 1.82) is 0 Å². The summed E-state index contributed by atoms with van der Waals surface area (Å²) in [5.74, 6) is 1.78. The topological polar surface area (TPSA) is 24.9 Å². The van der Waals surface area contributed by atoms with Crippen LogP contribution in [0.5, 0.6) is 0 Å².